The summed E-state index contributed by atoms with van der Waals surface area (Å²) in [5, 5.41) is 3.56. The third kappa shape index (κ3) is 3.75. The van der Waals surface area contributed by atoms with Crippen molar-refractivity contribution in [2.75, 3.05) is 18.6 Å². The molecule has 0 amide bonds. The van der Waals surface area contributed by atoms with Gasteiger partial charge in [-0.05, 0) is 60.4 Å². The molecular formula is C15H23NS. The van der Waals surface area contributed by atoms with Crippen LogP contribution in [0, 0.1) is 5.92 Å². The second kappa shape index (κ2) is 6.46. The Bertz CT molecular complexity index is 362. The van der Waals surface area contributed by atoms with Crippen LogP contribution < -0.4 is 5.32 Å². The van der Waals surface area contributed by atoms with E-state index in [1.807, 2.05) is 11.8 Å². The van der Waals surface area contributed by atoms with E-state index in [2.05, 4.69) is 36.7 Å². The topological polar surface area (TPSA) is 12.0 Å². The van der Waals surface area contributed by atoms with Crippen LogP contribution in [0.15, 0.2) is 18.2 Å². The Labute approximate surface area is 109 Å². The molecule has 0 bridgehead atoms. The number of fused-ring (bicyclic) bond motifs is 1. The third-order valence-electron chi connectivity index (χ3n) is 3.44. The summed E-state index contributed by atoms with van der Waals surface area (Å²) in [5.74, 6) is 2.01. The van der Waals surface area contributed by atoms with Crippen LogP contribution in [0.25, 0.3) is 0 Å². The summed E-state index contributed by atoms with van der Waals surface area (Å²) >= 11 is 1.93. The van der Waals surface area contributed by atoms with Gasteiger partial charge in [-0.1, -0.05) is 25.1 Å². The molecule has 1 atom stereocenters. The standard InChI is InChI=1S/C15H23NS/c1-12(11-17-2)9-16-10-13-6-7-14-4-3-5-15(14)8-13/h6-8,12,16H,3-5,9-11H2,1-2H3. The van der Waals surface area contributed by atoms with Gasteiger partial charge in [-0.15, -0.1) is 0 Å². The van der Waals surface area contributed by atoms with Crippen LogP contribution in [0.3, 0.4) is 0 Å². The quantitative estimate of drug-likeness (QED) is 0.830. The summed E-state index contributed by atoms with van der Waals surface area (Å²) < 4.78 is 0. The summed E-state index contributed by atoms with van der Waals surface area (Å²) in [7, 11) is 0. The van der Waals surface area contributed by atoms with Gasteiger partial charge in [-0.25, -0.2) is 0 Å². The summed E-state index contributed by atoms with van der Waals surface area (Å²) in [4.78, 5) is 0. The van der Waals surface area contributed by atoms with Gasteiger partial charge in [0.15, 0.2) is 0 Å². The van der Waals surface area contributed by atoms with E-state index in [-0.39, 0.29) is 0 Å². The molecule has 0 aromatic heterocycles. The molecule has 0 saturated heterocycles. The molecule has 0 heterocycles. The van der Waals surface area contributed by atoms with E-state index >= 15 is 0 Å². The number of nitrogens with one attached hydrogen (secondary N) is 1. The molecule has 1 N–H and O–H groups in total. The Morgan fingerprint density at radius 1 is 1.29 bits per heavy atom. The van der Waals surface area contributed by atoms with Gasteiger partial charge < -0.3 is 5.32 Å². The lowest BCUT2D eigenvalue weighted by molar-refractivity contribution is 0.559. The van der Waals surface area contributed by atoms with E-state index in [9.17, 15) is 0 Å². The van der Waals surface area contributed by atoms with Gasteiger partial charge in [-0.2, -0.15) is 11.8 Å². The van der Waals surface area contributed by atoms with E-state index in [4.69, 9.17) is 0 Å². The minimum Gasteiger partial charge on any atom is -0.312 e. The van der Waals surface area contributed by atoms with Crippen molar-refractivity contribution in [1.82, 2.24) is 5.32 Å². The molecule has 1 aliphatic carbocycles. The molecule has 1 unspecified atom stereocenters. The molecule has 0 spiro atoms. The third-order valence-corrected chi connectivity index (χ3v) is 4.34. The van der Waals surface area contributed by atoms with Gasteiger partial charge in [-0.3, -0.25) is 0 Å². The van der Waals surface area contributed by atoms with Crippen molar-refractivity contribution in [2.24, 2.45) is 5.92 Å². The summed E-state index contributed by atoms with van der Waals surface area (Å²) in [6.45, 7) is 4.45. The molecule has 94 valence electrons. The molecule has 2 rings (SSSR count). The van der Waals surface area contributed by atoms with Crippen molar-refractivity contribution in [2.45, 2.75) is 32.7 Å². The molecule has 2 heteroatoms. The highest BCUT2D eigenvalue weighted by atomic mass is 32.2. The molecule has 1 nitrogen and oxygen atoms in total. The zero-order valence-electron chi connectivity index (χ0n) is 11.0. The van der Waals surface area contributed by atoms with E-state index in [1.54, 1.807) is 11.1 Å². The van der Waals surface area contributed by atoms with Crippen molar-refractivity contribution in [3.05, 3.63) is 34.9 Å². The monoisotopic (exact) mass is 249 g/mol. The molecule has 0 radical (unpaired) electrons. The molecule has 1 aromatic rings. The highest BCUT2D eigenvalue weighted by Crippen LogP contribution is 2.22. The smallest absolute Gasteiger partial charge is 0.0205 e. The number of benzene rings is 1. The predicted molar refractivity (Wildman–Crippen MR) is 77.7 cm³/mol. The van der Waals surface area contributed by atoms with Gasteiger partial charge in [0.2, 0.25) is 0 Å². The van der Waals surface area contributed by atoms with Crippen LogP contribution in [0.1, 0.15) is 30.0 Å². The fourth-order valence-corrected chi connectivity index (χ4v) is 3.23. The van der Waals surface area contributed by atoms with Crippen LogP contribution in [0.2, 0.25) is 0 Å². The van der Waals surface area contributed by atoms with E-state index in [0.717, 1.165) is 19.0 Å². The predicted octanol–water partition coefficient (Wildman–Crippen LogP) is 3.26. The van der Waals surface area contributed by atoms with Crippen molar-refractivity contribution in [3.63, 3.8) is 0 Å². The number of hydrogen-bond acceptors (Lipinski definition) is 2. The lowest BCUT2D eigenvalue weighted by Gasteiger charge is -2.11. The molecule has 0 fully saturated rings. The van der Waals surface area contributed by atoms with Crippen molar-refractivity contribution in [3.8, 4) is 0 Å². The largest absolute Gasteiger partial charge is 0.312 e. The van der Waals surface area contributed by atoms with E-state index in [1.165, 1.54) is 30.6 Å². The minimum atomic E-state index is 0.763. The van der Waals surface area contributed by atoms with Gasteiger partial charge in [0.05, 0.1) is 0 Å². The first-order valence-corrected chi connectivity index (χ1v) is 7.99. The average Bonchev–Trinajstić information content (AvgIpc) is 2.76. The Hall–Kier alpha value is -0.470. The maximum atomic E-state index is 3.56. The van der Waals surface area contributed by atoms with Gasteiger partial charge in [0.1, 0.15) is 0 Å². The number of thioether (sulfide) groups is 1. The fourth-order valence-electron chi connectivity index (χ4n) is 2.54. The highest BCUT2D eigenvalue weighted by molar-refractivity contribution is 7.98. The lowest BCUT2D eigenvalue weighted by Crippen LogP contribution is -2.22. The number of aryl methyl sites for hydroxylation is 2. The minimum absolute atomic E-state index is 0.763. The second-order valence-electron chi connectivity index (χ2n) is 5.15. The van der Waals surface area contributed by atoms with E-state index in [0.29, 0.717) is 0 Å². The molecule has 1 aliphatic rings. The fraction of sp³-hybridized carbons (Fsp3) is 0.600. The first-order valence-electron chi connectivity index (χ1n) is 6.60. The maximum Gasteiger partial charge on any atom is 0.0205 e. The first kappa shape index (κ1) is 13.0. The molecule has 17 heavy (non-hydrogen) atoms. The molecule has 1 aromatic carbocycles. The molecule has 0 aliphatic heterocycles. The van der Waals surface area contributed by atoms with Crippen LogP contribution in [-0.4, -0.2) is 18.6 Å². The highest BCUT2D eigenvalue weighted by Gasteiger charge is 2.10. The lowest BCUT2D eigenvalue weighted by atomic mass is 10.1. The normalized spacial score (nSPS) is 15.9. The first-order chi connectivity index (χ1) is 8.29. The summed E-state index contributed by atoms with van der Waals surface area (Å²) in [5.41, 5.74) is 4.60. The van der Waals surface area contributed by atoms with Crippen molar-refractivity contribution >= 4 is 11.8 Å². The van der Waals surface area contributed by atoms with Crippen LogP contribution in [0.5, 0.6) is 0 Å². The van der Waals surface area contributed by atoms with Crippen LogP contribution >= 0.6 is 11.8 Å². The Balaban J connectivity index is 1.79. The Morgan fingerprint density at radius 2 is 2.12 bits per heavy atom. The van der Waals surface area contributed by atoms with Gasteiger partial charge in [0, 0.05) is 6.54 Å². The number of hydrogen-bond donors (Lipinski definition) is 1. The van der Waals surface area contributed by atoms with Crippen molar-refractivity contribution in [1.29, 1.82) is 0 Å². The SMILES string of the molecule is CSCC(C)CNCc1ccc2c(c1)CCC2. The second-order valence-corrected chi connectivity index (χ2v) is 6.06. The van der Waals surface area contributed by atoms with Crippen LogP contribution in [0.4, 0.5) is 0 Å². The zero-order chi connectivity index (χ0) is 12.1. The van der Waals surface area contributed by atoms with Gasteiger partial charge in [0.25, 0.3) is 0 Å². The van der Waals surface area contributed by atoms with Crippen LogP contribution in [-0.2, 0) is 19.4 Å². The van der Waals surface area contributed by atoms with E-state index < -0.39 is 0 Å². The molecule has 0 saturated carbocycles. The zero-order valence-corrected chi connectivity index (χ0v) is 11.8. The Kier molecular flexibility index (Phi) is 4.93. The number of rotatable bonds is 6. The molecular weight excluding hydrogens is 226 g/mol. The maximum absolute atomic E-state index is 3.56. The Morgan fingerprint density at radius 3 is 2.94 bits per heavy atom. The van der Waals surface area contributed by atoms with Gasteiger partial charge >= 0.3 is 0 Å². The average molecular weight is 249 g/mol. The summed E-state index contributed by atoms with van der Waals surface area (Å²) in [6, 6.07) is 7.01. The summed E-state index contributed by atoms with van der Waals surface area (Å²) in [6.07, 6.45) is 6.09. The van der Waals surface area contributed by atoms with Crippen molar-refractivity contribution < 1.29 is 0 Å².